The summed E-state index contributed by atoms with van der Waals surface area (Å²) in [5, 5.41) is 19.4. The molecule has 0 bridgehead atoms. The number of aliphatic carboxylic acids is 2. The van der Waals surface area contributed by atoms with Gasteiger partial charge in [-0.15, -0.1) is 0 Å². The van der Waals surface area contributed by atoms with Crippen molar-refractivity contribution in [1.29, 1.82) is 0 Å². The minimum atomic E-state index is -3.51. The SMILES string of the molecule is CS(=O)(=O)c1cccc(C(=O)N[C@H](CC(=O)O)C(=O)O)c1. The molecule has 3 N–H and O–H groups in total. The van der Waals surface area contributed by atoms with Crippen LogP contribution < -0.4 is 5.32 Å². The number of amides is 1. The van der Waals surface area contributed by atoms with Crippen LogP contribution >= 0.6 is 0 Å². The molecule has 0 aliphatic carbocycles. The van der Waals surface area contributed by atoms with Gasteiger partial charge in [0.2, 0.25) is 0 Å². The van der Waals surface area contributed by atoms with Crippen molar-refractivity contribution >= 4 is 27.7 Å². The average Bonchev–Trinajstić information content (AvgIpc) is 2.36. The maximum atomic E-state index is 11.9. The van der Waals surface area contributed by atoms with Crippen molar-refractivity contribution in [3.05, 3.63) is 29.8 Å². The Morgan fingerprint density at radius 1 is 1.24 bits per heavy atom. The van der Waals surface area contributed by atoms with Gasteiger partial charge in [-0.1, -0.05) is 6.07 Å². The van der Waals surface area contributed by atoms with Crippen molar-refractivity contribution < 1.29 is 33.0 Å². The van der Waals surface area contributed by atoms with E-state index in [1.54, 1.807) is 0 Å². The predicted molar refractivity (Wildman–Crippen MR) is 70.7 cm³/mol. The third-order valence-electron chi connectivity index (χ3n) is 2.51. The molecule has 0 aliphatic heterocycles. The summed E-state index contributed by atoms with van der Waals surface area (Å²) in [6, 6.07) is 3.40. The van der Waals surface area contributed by atoms with Gasteiger partial charge in [0, 0.05) is 11.8 Å². The number of carbonyl (C=O) groups excluding carboxylic acids is 1. The van der Waals surface area contributed by atoms with Crippen LogP contribution in [0.3, 0.4) is 0 Å². The van der Waals surface area contributed by atoms with Crippen LogP contribution in [0.15, 0.2) is 29.2 Å². The van der Waals surface area contributed by atoms with Gasteiger partial charge in [0.15, 0.2) is 9.84 Å². The molecule has 1 atom stereocenters. The van der Waals surface area contributed by atoms with Crippen molar-refractivity contribution in [2.75, 3.05) is 6.26 Å². The van der Waals surface area contributed by atoms with Crippen molar-refractivity contribution in [3.8, 4) is 0 Å². The van der Waals surface area contributed by atoms with Gasteiger partial charge < -0.3 is 15.5 Å². The number of carboxylic acids is 2. The van der Waals surface area contributed by atoms with E-state index in [-0.39, 0.29) is 10.5 Å². The largest absolute Gasteiger partial charge is 0.481 e. The van der Waals surface area contributed by atoms with Gasteiger partial charge in [-0.05, 0) is 18.2 Å². The Hall–Kier alpha value is -2.42. The molecule has 21 heavy (non-hydrogen) atoms. The smallest absolute Gasteiger partial charge is 0.326 e. The number of hydrogen-bond donors (Lipinski definition) is 3. The number of nitrogens with one attached hydrogen (secondary N) is 1. The summed E-state index contributed by atoms with van der Waals surface area (Å²) in [6.45, 7) is 0. The molecule has 8 nitrogen and oxygen atoms in total. The molecule has 1 aromatic rings. The van der Waals surface area contributed by atoms with Crippen LogP contribution in [0.25, 0.3) is 0 Å². The lowest BCUT2D eigenvalue weighted by atomic mass is 10.1. The standard InChI is InChI=1S/C12H13NO7S/c1-21(19,20)8-4-2-3-7(5-8)11(16)13-9(12(17)18)6-10(14)15/h2-5,9H,6H2,1H3,(H,13,16)(H,14,15)(H,17,18)/t9-/m1/s1. The number of carboxylic acid groups (broad SMARTS) is 2. The van der Waals surface area contributed by atoms with Crippen molar-refractivity contribution in [2.24, 2.45) is 0 Å². The van der Waals surface area contributed by atoms with E-state index >= 15 is 0 Å². The van der Waals surface area contributed by atoms with Crippen molar-refractivity contribution in [3.63, 3.8) is 0 Å². The minimum Gasteiger partial charge on any atom is -0.481 e. The third kappa shape index (κ3) is 4.88. The van der Waals surface area contributed by atoms with E-state index in [9.17, 15) is 22.8 Å². The van der Waals surface area contributed by atoms with Crippen LogP contribution in [0.5, 0.6) is 0 Å². The maximum Gasteiger partial charge on any atom is 0.326 e. The summed E-state index contributed by atoms with van der Waals surface area (Å²) in [4.78, 5) is 33.1. The highest BCUT2D eigenvalue weighted by Gasteiger charge is 2.24. The van der Waals surface area contributed by atoms with Gasteiger partial charge >= 0.3 is 11.9 Å². The zero-order valence-electron chi connectivity index (χ0n) is 10.9. The van der Waals surface area contributed by atoms with Crippen LogP contribution in [0.2, 0.25) is 0 Å². The molecule has 0 fully saturated rings. The molecule has 0 radical (unpaired) electrons. The molecular formula is C12H13NO7S. The normalized spacial score (nSPS) is 12.4. The quantitative estimate of drug-likeness (QED) is 0.658. The molecule has 0 spiro atoms. The van der Waals surface area contributed by atoms with E-state index in [0.29, 0.717) is 0 Å². The first kappa shape index (κ1) is 16.6. The lowest BCUT2D eigenvalue weighted by Crippen LogP contribution is -2.42. The first-order valence-electron chi connectivity index (χ1n) is 5.67. The second kappa shape index (κ2) is 6.35. The molecule has 0 saturated heterocycles. The molecule has 1 rings (SSSR count). The molecule has 0 aliphatic rings. The topological polar surface area (TPSA) is 138 Å². The van der Waals surface area contributed by atoms with Gasteiger partial charge in [-0.2, -0.15) is 0 Å². The Kier molecular flexibility index (Phi) is 5.03. The fraction of sp³-hybridized carbons (Fsp3) is 0.250. The number of carbonyl (C=O) groups is 3. The first-order valence-corrected chi connectivity index (χ1v) is 7.56. The highest BCUT2D eigenvalue weighted by Crippen LogP contribution is 2.11. The molecule has 0 heterocycles. The fourth-order valence-electron chi connectivity index (χ4n) is 1.48. The molecule has 1 aromatic carbocycles. The Labute approximate surface area is 120 Å². The number of benzene rings is 1. The Bertz CT molecular complexity index is 681. The Balaban J connectivity index is 2.98. The van der Waals surface area contributed by atoms with E-state index in [0.717, 1.165) is 12.3 Å². The van der Waals surface area contributed by atoms with Crippen LogP contribution in [-0.4, -0.2) is 48.8 Å². The van der Waals surface area contributed by atoms with E-state index in [2.05, 4.69) is 0 Å². The molecule has 0 aromatic heterocycles. The van der Waals surface area contributed by atoms with Crippen molar-refractivity contribution in [1.82, 2.24) is 5.32 Å². The molecule has 0 saturated carbocycles. The minimum absolute atomic E-state index is 0.0745. The number of sulfone groups is 1. The Morgan fingerprint density at radius 3 is 2.33 bits per heavy atom. The van der Waals surface area contributed by atoms with Crippen LogP contribution in [0.4, 0.5) is 0 Å². The number of rotatable bonds is 6. The number of hydrogen-bond acceptors (Lipinski definition) is 5. The van der Waals surface area contributed by atoms with E-state index in [1.165, 1.54) is 18.2 Å². The van der Waals surface area contributed by atoms with Crippen LogP contribution in [0.1, 0.15) is 16.8 Å². The fourth-order valence-corrected chi connectivity index (χ4v) is 2.15. The van der Waals surface area contributed by atoms with E-state index < -0.39 is 40.1 Å². The highest BCUT2D eigenvalue weighted by atomic mass is 32.2. The predicted octanol–water partition coefficient (Wildman–Crippen LogP) is -0.252. The second-order valence-electron chi connectivity index (χ2n) is 4.26. The van der Waals surface area contributed by atoms with Gasteiger partial charge in [-0.25, -0.2) is 13.2 Å². The first-order chi connectivity index (χ1) is 9.61. The maximum absolute atomic E-state index is 11.9. The lowest BCUT2D eigenvalue weighted by Gasteiger charge is -2.12. The average molecular weight is 315 g/mol. The summed E-state index contributed by atoms with van der Waals surface area (Å²) in [7, 11) is -3.51. The van der Waals surface area contributed by atoms with Gasteiger partial charge in [0.05, 0.1) is 11.3 Å². The molecule has 0 unspecified atom stereocenters. The monoisotopic (exact) mass is 315 g/mol. The Morgan fingerprint density at radius 2 is 1.86 bits per heavy atom. The molecule has 1 amide bonds. The van der Waals surface area contributed by atoms with Gasteiger partial charge in [-0.3, -0.25) is 9.59 Å². The van der Waals surface area contributed by atoms with Crippen molar-refractivity contribution in [2.45, 2.75) is 17.4 Å². The molecule has 9 heteroatoms. The molecular weight excluding hydrogens is 302 g/mol. The summed E-state index contributed by atoms with van der Waals surface area (Å²) in [6.07, 6.45) is 0.182. The summed E-state index contributed by atoms with van der Waals surface area (Å²) >= 11 is 0. The zero-order chi connectivity index (χ0) is 16.2. The summed E-state index contributed by atoms with van der Waals surface area (Å²) in [5.41, 5.74) is -0.0745. The molecule has 114 valence electrons. The summed E-state index contributed by atoms with van der Waals surface area (Å²) in [5.74, 6) is -3.74. The lowest BCUT2D eigenvalue weighted by molar-refractivity contribution is -0.145. The zero-order valence-corrected chi connectivity index (χ0v) is 11.8. The second-order valence-corrected chi connectivity index (χ2v) is 6.28. The highest BCUT2D eigenvalue weighted by molar-refractivity contribution is 7.90. The summed E-state index contributed by atoms with van der Waals surface area (Å²) < 4.78 is 22.8. The van der Waals surface area contributed by atoms with Crippen LogP contribution in [0, 0.1) is 0 Å². The van der Waals surface area contributed by atoms with Gasteiger partial charge in [0.25, 0.3) is 5.91 Å². The van der Waals surface area contributed by atoms with Gasteiger partial charge in [0.1, 0.15) is 6.04 Å². The van der Waals surface area contributed by atoms with Crippen LogP contribution in [-0.2, 0) is 19.4 Å². The third-order valence-corrected chi connectivity index (χ3v) is 3.62. The van der Waals surface area contributed by atoms with E-state index in [4.69, 9.17) is 10.2 Å². The van der Waals surface area contributed by atoms with E-state index in [1.807, 2.05) is 5.32 Å².